The van der Waals surface area contributed by atoms with Crippen molar-refractivity contribution in [2.75, 3.05) is 13.7 Å². The zero-order valence-corrected chi connectivity index (χ0v) is 18.6. The predicted octanol–water partition coefficient (Wildman–Crippen LogP) is 2.60. The van der Waals surface area contributed by atoms with Crippen LogP contribution in [0, 0.1) is 0 Å². The summed E-state index contributed by atoms with van der Waals surface area (Å²) in [6.45, 7) is -0.597. The highest BCUT2D eigenvalue weighted by molar-refractivity contribution is 6.21. The van der Waals surface area contributed by atoms with Crippen LogP contribution in [-0.2, 0) is 16.1 Å². The van der Waals surface area contributed by atoms with Gasteiger partial charge < -0.3 is 9.47 Å². The van der Waals surface area contributed by atoms with Gasteiger partial charge in [0.25, 0.3) is 23.6 Å². The fourth-order valence-corrected chi connectivity index (χ4v) is 3.52. The lowest BCUT2D eigenvalue weighted by Gasteiger charge is -2.13. The Balaban J connectivity index is 1.36. The van der Waals surface area contributed by atoms with Crippen LogP contribution in [0.3, 0.4) is 0 Å². The van der Waals surface area contributed by atoms with E-state index in [-0.39, 0.29) is 28.8 Å². The monoisotopic (exact) mass is 472 g/mol. The highest BCUT2D eigenvalue weighted by Crippen LogP contribution is 2.26. The maximum Gasteiger partial charge on any atom is 0.338 e. The second-order valence-corrected chi connectivity index (χ2v) is 7.62. The quantitative estimate of drug-likeness (QED) is 0.415. The van der Waals surface area contributed by atoms with Gasteiger partial charge in [-0.25, -0.2) is 4.79 Å². The Hall–Kier alpha value is -4.79. The lowest BCUT2D eigenvalue weighted by molar-refractivity contribution is -0.123. The van der Waals surface area contributed by atoms with Gasteiger partial charge in [-0.05, 0) is 48.0 Å². The van der Waals surface area contributed by atoms with Crippen molar-refractivity contribution < 1.29 is 33.4 Å². The number of nitrogens with zero attached hydrogens (tertiary/aromatic N) is 1. The molecule has 4 amide bonds. The molecule has 0 aromatic heterocycles. The highest BCUT2D eigenvalue weighted by Gasteiger charge is 2.36. The highest BCUT2D eigenvalue weighted by atomic mass is 16.5. The number of hydrogen-bond donors (Lipinski definition) is 1. The molecular formula is C26H20N2O7. The maximum atomic E-state index is 12.8. The molecule has 176 valence electrons. The van der Waals surface area contributed by atoms with Crippen LogP contribution in [0.1, 0.15) is 47.0 Å². The van der Waals surface area contributed by atoms with E-state index in [9.17, 15) is 24.0 Å². The lowest BCUT2D eigenvalue weighted by Crippen LogP contribution is -2.34. The van der Waals surface area contributed by atoms with Crippen LogP contribution in [0.5, 0.6) is 5.75 Å². The van der Waals surface area contributed by atoms with Crippen LogP contribution in [-0.4, -0.2) is 48.2 Å². The number of esters is 1. The van der Waals surface area contributed by atoms with Gasteiger partial charge in [0.2, 0.25) is 0 Å². The molecule has 0 saturated carbocycles. The van der Waals surface area contributed by atoms with E-state index >= 15 is 0 Å². The van der Waals surface area contributed by atoms with Crippen molar-refractivity contribution in [2.24, 2.45) is 0 Å². The first kappa shape index (κ1) is 23.4. The largest absolute Gasteiger partial charge is 0.497 e. The average molecular weight is 472 g/mol. The molecule has 1 N–H and O–H groups in total. The number of rotatable bonds is 7. The Bertz CT molecular complexity index is 1320. The second-order valence-electron chi connectivity index (χ2n) is 7.62. The van der Waals surface area contributed by atoms with Crippen LogP contribution in [0.15, 0.2) is 72.8 Å². The van der Waals surface area contributed by atoms with Crippen molar-refractivity contribution in [1.29, 1.82) is 0 Å². The van der Waals surface area contributed by atoms with E-state index in [2.05, 4.69) is 5.32 Å². The smallest absolute Gasteiger partial charge is 0.338 e. The molecule has 0 atom stereocenters. The van der Waals surface area contributed by atoms with Crippen molar-refractivity contribution in [2.45, 2.75) is 6.54 Å². The molecule has 0 bridgehead atoms. The molecule has 3 aromatic rings. The average Bonchev–Trinajstić information content (AvgIpc) is 3.12. The first-order chi connectivity index (χ1) is 16.9. The Morgan fingerprint density at radius 2 is 1.49 bits per heavy atom. The SMILES string of the molecule is COc1ccc(C(=O)NC(=O)COC(=O)c2ccc3c(c2)C(=O)N(Cc2ccccc2)C3=O)cc1. The summed E-state index contributed by atoms with van der Waals surface area (Å²) in [6, 6.07) is 19.2. The molecule has 1 heterocycles. The van der Waals surface area contributed by atoms with E-state index in [1.165, 1.54) is 37.4 Å². The number of imide groups is 2. The minimum absolute atomic E-state index is 0.000687. The van der Waals surface area contributed by atoms with Crippen molar-refractivity contribution >= 4 is 29.6 Å². The van der Waals surface area contributed by atoms with Crippen LogP contribution in [0.25, 0.3) is 0 Å². The molecular weight excluding hydrogens is 452 g/mol. The summed E-state index contributed by atoms with van der Waals surface area (Å²) in [6.07, 6.45) is 0. The number of amides is 4. The topological polar surface area (TPSA) is 119 Å². The van der Waals surface area contributed by atoms with Gasteiger partial charge in [0.1, 0.15) is 5.75 Å². The second kappa shape index (κ2) is 10.0. The first-order valence-corrected chi connectivity index (χ1v) is 10.6. The molecule has 0 aliphatic carbocycles. The van der Waals surface area contributed by atoms with E-state index < -0.39 is 36.2 Å². The van der Waals surface area contributed by atoms with E-state index in [0.29, 0.717) is 5.75 Å². The third-order valence-corrected chi connectivity index (χ3v) is 5.33. The van der Waals surface area contributed by atoms with Gasteiger partial charge >= 0.3 is 5.97 Å². The van der Waals surface area contributed by atoms with Crippen molar-refractivity contribution in [1.82, 2.24) is 10.2 Å². The lowest BCUT2D eigenvalue weighted by atomic mass is 10.1. The normalized spacial score (nSPS) is 12.2. The zero-order valence-electron chi connectivity index (χ0n) is 18.6. The number of carbonyl (C=O) groups is 5. The number of hydrogen-bond acceptors (Lipinski definition) is 7. The Morgan fingerprint density at radius 3 is 2.17 bits per heavy atom. The third kappa shape index (κ3) is 5.09. The van der Waals surface area contributed by atoms with E-state index in [0.717, 1.165) is 10.5 Å². The Morgan fingerprint density at radius 1 is 0.829 bits per heavy atom. The molecule has 1 aliphatic rings. The summed E-state index contributed by atoms with van der Waals surface area (Å²) in [7, 11) is 1.49. The maximum absolute atomic E-state index is 12.8. The number of ether oxygens (including phenoxy) is 2. The van der Waals surface area contributed by atoms with Crippen molar-refractivity contribution in [3.8, 4) is 5.75 Å². The van der Waals surface area contributed by atoms with Crippen molar-refractivity contribution in [3.05, 3.63) is 101 Å². The van der Waals surface area contributed by atoms with Gasteiger partial charge in [0.15, 0.2) is 6.61 Å². The predicted molar refractivity (Wildman–Crippen MR) is 123 cm³/mol. The molecule has 0 unspecified atom stereocenters. The fraction of sp³-hybridized carbons (Fsp3) is 0.115. The molecule has 4 rings (SSSR count). The van der Waals surface area contributed by atoms with Gasteiger partial charge in [0.05, 0.1) is 30.3 Å². The molecule has 3 aromatic carbocycles. The first-order valence-electron chi connectivity index (χ1n) is 10.6. The van der Waals surface area contributed by atoms with Crippen LogP contribution in [0.2, 0.25) is 0 Å². The zero-order chi connectivity index (χ0) is 24.9. The molecule has 0 saturated heterocycles. The van der Waals surface area contributed by atoms with E-state index in [1.807, 2.05) is 18.2 Å². The number of benzene rings is 3. The summed E-state index contributed by atoms with van der Waals surface area (Å²) in [5.41, 5.74) is 1.29. The summed E-state index contributed by atoms with van der Waals surface area (Å²) >= 11 is 0. The van der Waals surface area contributed by atoms with Crippen LogP contribution >= 0.6 is 0 Å². The van der Waals surface area contributed by atoms with Crippen LogP contribution < -0.4 is 10.1 Å². The van der Waals surface area contributed by atoms with Gasteiger partial charge in [-0.15, -0.1) is 0 Å². The molecule has 1 aliphatic heterocycles. The molecule has 0 radical (unpaired) electrons. The summed E-state index contributed by atoms with van der Waals surface area (Å²) in [4.78, 5) is 63.2. The fourth-order valence-electron chi connectivity index (χ4n) is 3.52. The van der Waals surface area contributed by atoms with E-state index in [4.69, 9.17) is 9.47 Å². The molecule has 0 fully saturated rings. The van der Waals surface area contributed by atoms with Gasteiger partial charge in [-0.3, -0.25) is 29.4 Å². The summed E-state index contributed by atoms with van der Waals surface area (Å²) < 4.78 is 9.99. The van der Waals surface area contributed by atoms with E-state index in [1.54, 1.807) is 24.3 Å². The Kier molecular flexibility index (Phi) is 6.68. The molecule has 35 heavy (non-hydrogen) atoms. The van der Waals surface area contributed by atoms with Crippen molar-refractivity contribution in [3.63, 3.8) is 0 Å². The minimum atomic E-state index is -0.874. The Labute approximate surface area is 200 Å². The van der Waals surface area contributed by atoms with Gasteiger partial charge in [-0.1, -0.05) is 30.3 Å². The van der Waals surface area contributed by atoms with Gasteiger partial charge in [0, 0.05) is 5.56 Å². The number of methoxy groups -OCH3 is 1. The van der Waals surface area contributed by atoms with Crippen LogP contribution in [0.4, 0.5) is 0 Å². The summed E-state index contributed by atoms with van der Waals surface area (Å²) in [5, 5.41) is 2.12. The third-order valence-electron chi connectivity index (χ3n) is 5.33. The standard InChI is InChI=1S/C26H20N2O7/c1-34-19-10-7-17(8-11-19)23(30)27-22(29)15-35-26(33)18-9-12-20-21(13-18)25(32)28(24(20)31)14-16-5-3-2-4-6-16/h2-13H,14-15H2,1H3,(H,27,29,30). The van der Waals surface area contributed by atoms with Gasteiger partial charge in [-0.2, -0.15) is 0 Å². The minimum Gasteiger partial charge on any atom is -0.497 e. The number of nitrogens with one attached hydrogen (secondary N) is 1. The number of carbonyl (C=O) groups excluding carboxylic acids is 5. The molecule has 9 nitrogen and oxygen atoms in total. The number of fused-ring (bicyclic) bond motifs is 1. The summed E-state index contributed by atoms with van der Waals surface area (Å²) in [5.74, 6) is -2.77. The molecule has 9 heteroatoms. The molecule has 0 spiro atoms.